The van der Waals surface area contributed by atoms with Gasteiger partial charge in [-0.3, -0.25) is 0 Å². The van der Waals surface area contributed by atoms with Crippen LogP contribution in [-0.4, -0.2) is 16.2 Å². The van der Waals surface area contributed by atoms with Crippen LogP contribution >= 0.6 is 15.9 Å². The van der Waals surface area contributed by atoms with Crippen LogP contribution in [0.5, 0.6) is 0 Å². The number of aryl methyl sites for hydroxylation is 1. The Kier molecular flexibility index (Phi) is 4.14. The monoisotopic (exact) mass is 309 g/mol. The first-order valence-electron chi connectivity index (χ1n) is 5.88. The first kappa shape index (κ1) is 13.2. The average Bonchev–Trinajstić information content (AvgIpc) is 2.79. The Balaban J connectivity index is 2.16. The predicted octanol–water partition coefficient (Wildman–Crippen LogP) is 3.31. The Morgan fingerprint density at radius 1 is 1.33 bits per heavy atom. The van der Waals surface area contributed by atoms with E-state index in [1.54, 1.807) is 0 Å². The predicted molar refractivity (Wildman–Crippen MR) is 74.1 cm³/mol. The molecule has 1 heterocycles. The van der Waals surface area contributed by atoms with E-state index in [1.807, 2.05) is 25.1 Å². The Morgan fingerprint density at radius 2 is 2.11 bits per heavy atom. The fraction of sp³-hybridized carbons (Fsp3) is 0.385. The van der Waals surface area contributed by atoms with E-state index < -0.39 is 0 Å². The minimum Gasteiger partial charge on any atom is -0.419 e. The zero-order valence-corrected chi connectivity index (χ0v) is 12.3. The highest BCUT2D eigenvalue weighted by Crippen LogP contribution is 2.24. The van der Waals surface area contributed by atoms with Crippen LogP contribution in [0, 0.1) is 6.92 Å². The average molecular weight is 310 g/mol. The lowest BCUT2D eigenvalue weighted by Crippen LogP contribution is -2.21. The zero-order valence-electron chi connectivity index (χ0n) is 10.7. The van der Waals surface area contributed by atoms with E-state index >= 15 is 0 Å². The smallest absolute Gasteiger partial charge is 0.247 e. The van der Waals surface area contributed by atoms with Gasteiger partial charge in [-0.05, 0) is 30.7 Å². The summed E-state index contributed by atoms with van der Waals surface area (Å²) in [5.41, 5.74) is 2.09. The van der Waals surface area contributed by atoms with Crippen molar-refractivity contribution >= 4 is 15.9 Å². The van der Waals surface area contributed by atoms with Gasteiger partial charge in [-0.1, -0.05) is 29.8 Å². The van der Waals surface area contributed by atoms with Crippen molar-refractivity contribution in [3.05, 3.63) is 34.1 Å². The third-order valence-corrected chi connectivity index (χ3v) is 3.42. The number of benzene rings is 1. The molecule has 0 aliphatic carbocycles. The van der Waals surface area contributed by atoms with Crippen molar-refractivity contribution in [1.29, 1.82) is 0 Å². The lowest BCUT2D eigenvalue weighted by atomic mass is 10.1. The van der Waals surface area contributed by atoms with E-state index in [1.165, 1.54) is 0 Å². The molecule has 0 amide bonds. The summed E-state index contributed by atoms with van der Waals surface area (Å²) in [6.45, 7) is 6.79. The van der Waals surface area contributed by atoms with Crippen LogP contribution in [0.15, 0.2) is 27.1 Å². The Morgan fingerprint density at radius 3 is 2.78 bits per heavy atom. The molecule has 0 saturated heterocycles. The number of rotatable bonds is 4. The number of halogens is 1. The third-order valence-electron chi connectivity index (χ3n) is 2.53. The number of nitrogens with zero attached hydrogens (tertiary/aromatic N) is 2. The minimum atomic E-state index is 0.398. The van der Waals surface area contributed by atoms with Crippen LogP contribution in [0.4, 0.5) is 0 Å². The minimum absolute atomic E-state index is 0.398. The van der Waals surface area contributed by atoms with Gasteiger partial charge in [0.15, 0.2) is 0 Å². The number of hydrogen-bond donors (Lipinski definition) is 1. The second kappa shape index (κ2) is 5.63. The van der Waals surface area contributed by atoms with E-state index in [4.69, 9.17) is 4.42 Å². The highest BCUT2D eigenvalue weighted by molar-refractivity contribution is 9.10. The molecule has 0 aliphatic rings. The van der Waals surface area contributed by atoms with Crippen LogP contribution < -0.4 is 5.32 Å². The summed E-state index contributed by atoms with van der Waals surface area (Å²) in [6.07, 6.45) is 0. The molecule has 1 aromatic heterocycles. The lowest BCUT2D eigenvalue weighted by Gasteiger charge is -2.03. The summed E-state index contributed by atoms with van der Waals surface area (Å²) in [6, 6.07) is 6.37. The van der Waals surface area contributed by atoms with Crippen LogP contribution in [0.1, 0.15) is 25.3 Å². The molecular weight excluding hydrogens is 294 g/mol. The maximum atomic E-state index is 5.61. The molecule has 5 heteroatoms. The van der Waals surface area contributed by atoms with E-state index in [0.717, 1.165) is 15.6 Å². The summed E-state index contributed by atoms with van der Waals surface area (Å²) < 4.78 is 6.69. The molecule has 0 bridgehead atoms. The van der Waals surface area contributed by atoms with E-state index in [9.17, 15) is 0 Å². The largest absolute Gasteiger partial charge is 0.419 e. The van der Waals surface area contributed by atoms with E-state index in [0.29, 0.717) is 24.4 Å². The quantitative estimate of drug-likeness (QED) is 0.941. The molecule has 18 heavy (non-hydrogen) atoms. The van der Waals surface area contributed by atoms with Gasteiger partial charge in [0, 0.05) is 16.1 Å². The number of nitrogens with one attached hydrogen (secondary N) is 1. The van der Waals surface area contributed by atoms with Gasteiger partial charge < -0.3 is 9.73 Å². The van der Waals surface area contributed by atoms with Crippen molar-refractivity contribution < 1.29 is 4.42 Å². The van der Waals surface area contributed by atoms with Crippen LogP contribution in [0.25, 0.3) is 11.5 Å². The summed E-state index contributed by atoms with van der Waals surface area (Å²) in [5.74, 6) is 1.17. The third kappa shape index (κ3) is 3.17. The van der Waals surface area contributed by atoms with Crippen molar-refractivity contribution in [2.45, 2.75) is 33.4 Å². The number of hydrogen-bond acceptors (Lipinski definition) is 4. The molecule has 96 valence electrons. The SMILES string of the molecule is Cc1cc(-c2nnc(CNC(C)C)o2)ccc1Br. The van der Waals surface area contributed by atoms with Crippen LogP contribution in [0.3, 0.4) is 0 Å². The molecule has 0 aliphatic heterocycles. The molecule has 2 rings (SSSR count). The maximum Gasteiger partial charge on any atom is 0.247 e. The van der Waals surface area contributed by atoms with Gasteiger partial charge in [0.1, 0.15) is 0 Å². The first-order valence-corrected chi connectivity index (χ1v) is 6.68. The molecule has 0 spiro atoms. The van der Waals surface area contributed by atoms with E-state index in [2.05, 4.69) is 45.3 Å². The summed E-state index contributed by atoms with van der Waals surface area (Å²) in [5, 5.41) is 11.3. The summed E-state index contributed by atoms with van der Waals surface area (Å²) in [4.78, 5) is 0. The van der Waals surface area contributed by atoms with Crippen LogP contribution in [0.2, 0.25) is 0 Å². The van der Waals surface area contributed by atoms with Crippen molar-refractivity contribution in [2.24, 2.45) is 0 Å². The van der Waals surface area contributed by atoms with Gasteiger partial charge in [0.05, 0.1) is 6.54 Å². The molecular formula is C13H16BrN3O. The maximum absolute atomic E-state index is 5.61. The molecule has 1 N–H and O–H groups in total. The van der Waals surface area contributed by atoms with Crippen molar-refractivity contribution in [1.82, 2.24) is 15.5 Å². The van der Waals surface area contributed by atoms with Gasteiger partial charge in [0.2, 0.25) is 11.8 Å². The topological polar surface area (TPSA) is 51.0 Å². The number of aromatic nitrogens is 2. The Bertz CT molecular complexity index is 537. The highest BCUT2D eigenvalue weighted by atomic mass is 79.9. The molecule has 0 saturated carbocycles. The molecule has 0 unspecified atom stereocenters. The second-order valence-corrected chi connectivity index (χ2v) is 5.35. The van der Waals surface area contributed by atoms with Crippen molar-refractivity contribution in [2.75, 3.05) is 0 Å². The second-order valence-electron chi connectivity index (χ2n) is 4.50. The fourth-order valence-corrected chi connectivity index (χ4v) is 1.76. The molecule has 2 aromatic rings. The Hall–Kier alpha value is -1.20. The van der Waals surface area contributed by atoms with Gasteiger partial charge in [-0.25, -0.2) is 0 Å². The summed E-state index contributed by atoms with van der Waals surface area (Å²) >= 11 is 3.47. The summed E-state index contributed by atoms with van der Waals surface area (Å²) in [7, 11) is 0. The van der Waals surface area contributed by atoms with Gasteiger partial charge in [-0.2, -0.15) is 0 Å². The van der Waals surface area contributed by atoms with Crippen molar-refractivity contribution in [3.63, 3.8) is 0 Å². The first-order chi connectivity index (χ1) is 8.56. The zero-order chi connectivity index (χ0) is 13.1. The standard InChI is InChI=1S/C13H16BrN3O/c1-8(2)15-7-12-16-17-13(18-12)10-4-5-11(14)9(3)6-10/h4-6,8,15H,7H2,1-3H3. The normalized spacial score (nSPS) is 11.2. The molecule has 0 fully saturated rings. The van der Waals surface area contributed by atoms with Crippen molar-refractivity contribution in [3.8, 4) is 11.5 Å². The molecule has 0 atom stereocenters. The molecule has 0 radical (unpaired) electrons. The fourth-order valence-electron chi connectivity index (χ4n) is 1.51. The van der Waals surface area contributed by atoms with Crippen LogP contribution in [-0.2, 0) is 6.54 Å². The Labute approximate surface area is 115 Å². The highest BCUT2D eigenvalue weighted by Gasteiger charge is 2.09. The molecule has 4 nitrogen and oxygen atoms in total. The lowest BCUT2D eigenvalue weighted by molar-refractivity contribution is 0.459. The van der Waals surface area contributed by atoms with Gasteiger partial charge in [-0.15, -0.1) is 10.2 Å². The molecule has 1 aromatic carbocycles. The van der Waals surface area contributed by atoms with Gasteiger partial charge >= 0.3 is 0 Å². The van der Waals surface area contributed by atoms with Gasteiger partial charge in [0.25, 0.3) is 0 Å². The van der Waals surface area contributed by atoms with E-state index in [-0.39, 0.29) is 0 Å².